The molecular formula is C22H23N3O2. The Morgan fingerprint density at radius 1 is 1.15 bits per heavy atom. The van der Waals surface area contributed by atoms with E-state index < -0.39 is 0 Å². The number of rotatable bonds is 2. The average molecular weight is 361 g/mol. The highest BCUT2D eigenvalue weighted by atomic mass is 16.2. The van der Waals surface area contributed by atoms with E-state index in [0.717, 1.165) is 40.0 Å². The lowest BCUT2D eigenvalue weighted by molar-refractivity contribution is -0.116. The van der Waals surface area contributed by atoms with Gasteiger partial charge in [-0.25, -0.2) is 0 Å². The van der Waals surface area contributed by atoms with Crippen LogP contribution in [0.1, 0.15) is 41.0 Å². The lowest BCUT2D eigenvalue weighted by Gasteiger charge is -2.20. The second-order valence-electron chi connectivity index (χ2n) is 7.38. The van der Waals surface area contributed by atoms with Gasteiger partial charge in [0.2, 0.25) is 5.91 Å². The summed E-state index contributed by atoms with van der Waals surface area (Å²) in [6.45, 7) is 7.73. The highest BCUT2D eigenvalue weighted by Gasteiger charge is 2.29. The summed E-state index contributed by atoms with van der Waals surface area (Å²) >= 11 is 0. The normalized spacial score (nSPS) is 15.9. The van der Waals surface area contributed by atoms with Crippen LogP contribution < -0.4 is 10.2 Å². The molecule has 138 valence electrons. The van der Waals surface area contributed by atoms with Gasteiger partial charge in [0, 0.05) is 46.5 Å². The topological polar surface area (TPSA) is 65.2 Å². The van der Waals surface area contributed by atoms with Crippen LogP contribution in [0.25, 0.3) is 10.9 Å². The molecule has 2 heterocycles. The van der Waals surface area contributed by atoms with Crippen molar-refractivity contribution in [3.63, 3.8) is 0 Å². The zero-order chi connectivity index (χ0) is 19.3. The Morgan fingerprint density at radius 2 is 1.93 bits per heavy atom. The summed E-state index contributed by atoms with van der Waals surface area (Å²) in [7, 11) is 0. The monoisotopic (exact) mass is 361 g/mol. The number of aryl methyl sites for hydroxylation is 2. The van der Waals surface area contributed by atoms with E-state index in [9.17, 15) is 9.59 Å². The molecule has 0 fully saturated rings. The first-order valence-corrected chi connectivity index (χ1v) is 9.18. The van der Waals surface area contributed by atoms with Gasteiger partial charge in [-0.05, 0) is 68.7 Å². The van der Waals surface area contributed by atoms with Crippen molar-refractivity contribution in [2.75, 3.05) is 10.2 Å². The Balaban J connectivity index is 1.59. The Labute approximate surface area is 158 Å². The number of aromatic nitrogens is 1. The number of fused-ring (bicyclic) bond motifs is 2. The van der Waals surface area contributed by atoms with Gasteiger partial charge < -0.3 is 15.2 Å². The van der Waals surface area contributed by atoms with Crippen LogP contribution in [0, 0.1) is 13.8 Å². The van der Waals surface area contributed by atoms with E-state index in [4.69, 9.17) is 0 Å². The molecule has 3 aromatic rings. The molecule has 1 aromatic heterocycles. The Bertz CT molecular complexity index is 1080. The molecule has 0 saturated carbocycles. The van der Waals surface area contributed by atoms with Gasteiger partial charge in [0.15, 0.2) is 0 Å². The minimum atomic E-state index is -0.142. The van der Waals surface area contributed by atoms with E-state index in [1.165, 1.54) is 5.56 Å². The van der Waals surface area contributed by atoms with Crippen LogP contribution in [0.15, 0.2) is 36.4 Å². The molecule has 5 nitrogen and oxygen atoms in total. The number of amides is 2. The van der Waals surface area contributed by atoms with Gasteiger partial charge >= 0.3 is 0 Å². The number of hydrogen-bond acceptors (Lipinski definition) is 2. The first-order valence-electron chi connectivity index (χ1n) is 9.18. The summed E-state index contributed by atoms with van der Waals surface area (Å²) in [6.07, 6.45) is 0.797. The van der Waals surface area contributed by atoms with Gasteiger partial charge in [0.05, 0.1) is 0 Å². The van der Waals surface area contributed by atoms with Crippen LogP contribution in [0.3, 0.4) is 0 Å². The van der Waals surface area contributed by atoms with Crippen molar-refractivity contribution in [3.05, 3.63) is 58.8 Å². The van der Waals surface area contributed by atoms with Gasteiger partial charge in [0.25, 0.3) is 5.91 Å². The largest absolute Gasteiger partial charge is 0.358 e. The standard InChI is InChI=1S/C22H23N3O2/c1-12-9-17-10-18(6-8-21(17)25(12)15(4)26)24-22(27)16-5-7-19-13(2)14(3)23-20(19)11-16/h5-8,10-12,23H,9H2,1-4H3,(H,24,27). The SMILES string of the molecule is CC(=O)N1c2ccc(NC(=O)c3ccc4c(C)c(C)[nH]c4c3)cc2CC1C. The number of anilines is 2. The van der Waals surface area contributed by atoms with Crippen LogP contribution in [0.5, 0.6) is 0 Å². The van der Waals surface area contributed by atoms with Crippen molar-refractivity contribution in [1.82, 2.24) is 4.98 Å². The summed E-state index contributed by atoms with van der Waals surface area (Å²) in [6, 6.07) is 11.6. The second kappa shape index (κ2) is 6.27. The quantitative estimate of drug-likeness (QED) is 0.713. The van der Waals surface area contributed by atoms with Crippen molar-refractivity contribution < 1.29 is 9.59 Å². The number of benzene rings is 2. The Hall–Kier alpha value is -3.08. The fraction of sp³-hybridized carbons (Fsp3) is 0.273. The highest BCUT2D eigenvalue weighted by Crippen LogP contribution is 2.34. The van der Waals surface area contributed by atoms with E-state index in [-0.39, 0.29) is 17.9 Å². The first kappa shape index (κ1) is 17.3. The van der Waals surface area contributed by atoms with Crippen LogP contribution in [-0.2, 0) is 11.2 Å². The number of carbonyl (C=O) groups excluding carboxylic acids is 2. The molecule has 0 saturated heterocycles. The van der Waals surface area contributed by atoms with E-state index in [2.05, 4.69) is 17.2 Å². The summed E-state index contributed by atoms with van der Waals surface area (Å²) in [4.78, 5) is 29.7. The number of carbonyl (C=O) groups is 2. The van der Waals surface area contributed by atoms with E-state index in [1.807, 2.05) is 55.1 Å². The van der Waals surface area contributed by atoms with Crippen molar-refractivity contribution in [2.24, 2.45) is 0 Å². The van der Waals surface area contributed by atoms with Crippen molar-refractivity contribution in [2.45, 2.75) is 40.2 Å². The van der Waals surface area contributed by atoms with Crippen LogP contribution in [0.2, 0.25) is 0 Å². The van der Waals surface area contributed by atoms with Gasteiger partial charge in [-0.3, -0.25) is 9.59 Å². The maximum atomic E-state index is 12.7. The minimum Gasteiger partial charge on any atom is -0.358 e. The molecule has 1 atom stereocenters. The van der Waals surface area contributed by atoms with E-state index in [1.54, 1.807) is 6.92 Å². The molecule has 0 aliphatic carbocycles. The smallest absolute Gasteiger partial charge is 0.255 e. The number of hydrogen-bond donors (Lipinski definition) is 2. The zero-order valence-corrected chi connectivity index (χ0v) is 16.0. The molecule has 0 radical (unpaired) electrons. The molecule has 1 aliphatic heterocycles. The molecule has 27 heavy (non-hydrogen) atoms. The third-order valence-electron chi connectivity index (χ3n) is 5.46. The predicted molar refractivity (Wildman–Crippen MR) is 108 cm³/mol. The fourth-order valence-electron chi connectivity index (χ4n) is 4.01. The Morgan fingerprint density at radius 3 is 2.67 bits per heavy atom. The molecule has 2 N–H and O–H groups in total. The molecule has 0 bridgehead atoms. The fourth-order valence-corrected chi connectivity index (χ4v) is 4.01. The maximum Gasteiger partial charge on any atom is 0.255 e. The van der Waals surface area contributed by atoms with Crippen molar-refractivity contribution >= 4 is 34.1 Å². The van der Waals surface area contributed by atoms with Gasteiger partial charge in [-0.1, -0.05) is 6.07 Å². The molecular weight excluding hydrogens is 338 g/mol. The second-order valence-corrected chi connectivity index (χ2v) is 7.38. The lowest BCUT2D eigenvalue weighted by atomic mass is 10.1. The predicted octanol–water partition coefficient (Wildman–Crippen LogP) is 4.33. The minimum absolute atomic E-state index is 0.0443. The summed E-state index contributed by atoms with van der Waals surface area (Å²) in [5.41, 5.74) is 6.68. The highest BCUT2D eigenvalue weighted by molar-refractivity contribution is 6.06. The molecule has 2 amide bonds. The molecule has 2 aromatic carbocycles. The van der Waals surface area contributed by atoms with Crippen LogP contribution in [-0.4, -0.2) is 22.8 Å². The molecule has 0 spiro atoms. The van der Waals surface area contributed by atoms with E-state index >= 15 is 0 Å². The van der Waals surface area contributed by atoms with Crippen LogP contribution in [0.4, 0.5) is 11.4 Å². The average Bonchev–Trinajstić information content (AvgIpc) is 3.09. The van der Waals surface area contributed by atoms with Crippen molar-refractivity contribution in [3.8, 4) is 0 Å². The molecule has 4 rings (SSSR count). The summed E-state index contributed by atoms with van der Waals surface area (Å²) < 4.78 is 0. The van der Waals surface area contributed by atoms with Gasteiger partial charge in [-0.2, -0.15) is 0 Å². The number of nitrogens with zero attached hydrogens (tertiary/aromatic N) is 1. The number of H-pyrrole nitrogens is 1. The summed E-state index contributed by atoms with van der Waals surface area (Å²) in [5, 5.41) is 4.12. The third kappa shape index (κ3) is 2.89. The lowest BCUT2D eigenvalue weighted by Crippen LogP contribution is -2.33. The number of aromatic amines is 1. The number of nitrogens with one attached hydrogen (secondary N) is 2. The van der Waals surface area contributed by atoms with Crippen molar-refractivity contribution in [1.29, 1.82) is 0 Å². The first-order chi connectivity index (χ1) is 12.8. The molecule has 1 unspecified atom stereocenters. The van der Waals surface area contributed by atoms with E-state index in [0.29, 0.717) is 5.56 Å². The molecule has 1 aliphatic rings. The zero-order valence-electron chi connectivity index (χ0n) is 16.0. The molecule has 5 heteroatoms. The Kier molecular flexibility index (Phi) is 4.02. The summed E-state index contributed by atoms with van der Waals surface area (Å²) in [5.74, 6) is -0.0981. The van der Waals surface area contributed by atoms with Gasteiger partial charge in [-0.15, -0.1) is 0 Å². The van der Waals surface area contributed by atoms with Gasteiger partial charge in [0.1, 0.15) is 0 Å². The maximum absolute atomic E-state index is 12.7. The third-order valence-corrected chi connectivity index (χ3v) is 5.46. The van der Waals surface area contributed by atoms with Crippen LogP contribution >= 0.6 is 0 Å².